The van der Waals surface area contributed by atoms with Gasteiger partial charge in [-0.1, -0.05) is 18.2 Å². The number of halogens is 1. The van der Waals surface area contributed by atoms with E-state index in [9.17, 15) is 19.2 Å². The Morgan fingerprint density at radius 2 is 1.79 bits per heavy atom. The van der Waals surface area contributed by atoms with E-state index in [1.807, 2.05) is 0 Å². The summed E-state index contributed by atoms with van der Waals surface area (Å²) in [5.41, 5.74) is -1.13. The van der Waals surface area contributed by atoms with Crippen molar-refractivity contribution >= 4 is 45.4 Å². The average Bonchev–Trinajstić information content (AvgIpc) is 3.26. The minimum atomic E-state index is -1.55. The number of carbonyl (C=O) groups excluding carboxylic acids is 4. The molecule has 2 fully saturated rings. The summed E-state index contributed by atoms with van der Waals surface area (Å²) in [7, 11) is 0. The number of fused-ring (bicyclic) bond motifs is 5. The molecule has 3 aliphatic rings. The molecule has 2 amide bonds. The number of ether oxygens (including phenoxy) is 3. The van der Waals surface area contributed by atoms with Gasteiger partial charge in [-0.3, -0.25) is 19.2 Å². The van der Waals surface area contributed by atoms with Crippen LogP contribution >= 0.6 is 15.9 Å². The first-order valence-corrected chi connectivity index (χ1v) is 9.39. The monoisotopic (exact) mass is 449 g/mol. The number of carbonyl (C=O) groups is 4. The predicted molar refractivity (Wildman–Crippen MR) is 97.7 cm³/mol. The van der Waals surface area contributed by atoms with E-state index >= 15 is 0 Å². The van der Waals surface area contributed by atoms with Crippen LogP contribution in [-0.2, 0) is 33.4 Å². The van der Waals surface area contributed by atoms with Crippen LogP contribution in [0.5, 0.6) is 0 Å². The zero-order chi connectivity index (χ0) is 20.2. The lowest BCUT2D eigenvalue weighted by Gasteiger charge is -2.34. The zero-order valence-electron chi connectivity index (χ0n) is 15.0. The Kier molecular flexibility index (Phi) is 4.39. The maximum atomic E-state index is 13.3. The molecule has 0 spiro atoms. The fourth-order valence-corrected chi connectivity index (χ4v) is 4.55. The Morgan fingerprint density at radius 1 is 1.14 bits per heavy atom. The van der Waals surface area contributed by atoms with E-state index in [2.05, 4.69) is 15.9 Å². The van der Waals surface area contributed by atoms with Gasteiger partial charge in [0.1, 0.15) is 0 Å². The number of hydrogen-bond acceptors (Lipinski definition) is 7. The van der Waals surface area contributed by atoms with Gasteiger partial charge in [0.05, 0.1) is 23.6 Å². The van der Waals surface area contributed by atoms with Crippen LogP contribution in [0.3, 0.4) is 0 Å². The van der Waals surface area contributed by atoms with Crippen molar-refractivity contribution in [1.29, 1.82) is 0 Å². The summed E-state index contributed by atoms with van der Waals surface area (Å²) >= 11 is 3.36. The lowest BCUT2D eigenvalue weighted by atomic mass is 9.76. The number of amides is 2. The van der Waals surface area contributed by atoms with Crippen molar-refractivity contribution in [1.82, 2.24) is 0 Å². The predicted octanol–water partition coefficient (Wildman–Crippen LogP) is 1.71. The molecule has 3 heterocycles. The molecule has 3 aliphatic heterocycles. The molecule has 0 N–H and O–H groups in total. The van der Waals surface area contributed by atoms with Crippen LogP contribution in [0.2, 0.25) is 0 Å². The molecule has 4 atom stereocenters. The summed E-state index contributed by atoms with van der Waals surface area (Å²) in [5.74, 6) is -4.10. The molecule has 0 unspecified atom stereocenters. The Labute approximate surface area is 168 Å². The summed E-state index contributed by atoms with van der Waals surface area (Å²) in [6.07, 6.45) is 1.03. The molecule has 9 heteroatoms. The van der Waals surface area contributed by atoms with E-state index in [1.54, 1.807) is 36.4 Å². The van der Waals surface area contributed by atoms with Gasteiger partial charge in [-0.25, -0.2) is 4.90 Å². The Balaban J connectivity index is 1.77. The summed E-state index contributed by atoms with van der Waals surface area (Å²) < 4.78 is 16.8. The first-order valence-electron chi connectivity index (χ1n) is 8.60. The van der Waals surface area contributed by atoms with Crippen LogP contribution in [0.1, 0.15) is 13.8 Å². The summed E-state index contributed by atoms with van der Waals surface area (Å²) in [4.78, 5) is 50.7. The van der Waals surface area contributed by atoms with Gasteiger partial charge in [0, 0.05) is 18.3 Å². The van der Waals surface area contributed by atoms with E-state index in [1.165, 1.54) is 0 Å². The second kappa shape index (κ2) is 6.52. The summed E-state index contributed by atoms with van der Waals surface area (Å²) in [6.45, 7) is 2.31. The zero-order valence-corrected chi connectivity index (χ0v) is 16.5. The fraction of sp³-hybridized carbons (Fsp3) is 0.368. The molecular weight excluding hydrogens is 434 g/mol. The van der Waals surface area contributed by atoms with Crippen LogP contribution in [0.4, 0.5) is 5.69 Å². The van der Waals surface area contributed by atoms with Gasteiger partial charge in [0.2, 0.25) is 11.8 Å². The molecule has 2 bridgehead atoms. The smallest absolute Gasteiger partial charge is 0.305 e. The van der Waals surface area contributed by atoms with Gasteiger partial charge in [-0.2, -0.15) is 0 Å². The standard InChI is InChI=1S/C19H16BrNO7/c1-9(22)26-18(27-10(2)23)19-8-7-13(28-19)14-15(19)17(25)21(16(14)24)12-6-4-3-5-11(12)20/h3-8,13-15,18H,1-2H3/t13-,14+,15-,19-/m1/s1. The maximum Gasteiger partial charge on any atom is 0.305 e. The molecule has 8 nitrogen and oxygen atoms in total. The SMILES string of the molecule is CC(=O)OC(OC(C)=O)[C@]12C=C[C@@H](O1)[C@@H]1C(=O)N(c3ccccc3Br)C(=O)[C@@H]12. The van der Waals surface area contributed by atoms with Crippen molar-refractivity contribution in [2.24, 2.45) is 11.8 Å². The normalized spacial score (nSPS) is 30.1. The third-order valence-corrected chi connectivity index (χ3v) is 5.76. The lowest BCUT2D eigenvalue weighted by Crippen LogP contribution is -2.52. The summed E-state index contributed by atoms with van der Waals surface area (Å²) in [5, 5.41) is 0. The number of anilines is 1. The maximum absolute atomic E-state index is 13.3. The van der Waals surface area contributed by atoms with Crippen LogP contribution in [-0.4, -0.2) is 41.7 Å². The van der Waals surface area contributed by atoms with Crippen LogP contribution in [0, 0.1) is 11.8 Å². The van der Waals surface area contributed by atoms with Crippen molar-refractivity contribution in [2.45, 2.75) is 31.8 Å². The highest BCUT2D eigenvalue weighted by Crippen LogP contribution is 2.55. The molecule has 2 saturated heterocycles. The van der Waals surface area contributed by atoms with Crippen LogP contribution in [0.15, 0.2) is 40.9 Å². The van der Waals surface area contributed by atoms with E-state index in [0.717, 1.165) is 18.7 Å². The third kappa shape index (κ3) is 2.61. The minimum Gasteiger partial charge on any atom is -0.422 e. The molecule has 0 saturated carbocycles. The molecule has 1 aromatic rings. The number of imide groups is 1. The topological polar surface area (TPSA) is 99.2 Å². The highest BCUT2D eigenvalue weighted by Gasteiger charge is 2.72. The number of benzene rings is 1. The van der Waals surface area contributed by atoms with Gasteiger partial charge >= 0.3 is 11.9 Å². The fourth-order valence-electron chi connectivity index (χ4n) is 4.09. The van der Waals surface area contributed by atoms with E-state index in [0.29, 0.717) is 10.2 Å². The van der Waals surface area contributed by atoms with E-state index in [4.69, 9.17) is 14.2 Å². The number of nitrogens with zero attached hydrogens (tertiary/aromatic N) is 1. The number of hydrogen-bond donors (Lipinski definition) is 0. The van der Waals surface area contributed by atoms with Crippen molar-refractivity contribution in [2.75, 3.05) is 4.90 Å². The average molecular weight is 450 g/mol. The molecule has 0 radical (unpaired) electrons. The molecule has 0 aromatic heterocycles. The van der Waals surface area contributed by atoms with Gasteiger partial charge in [-0.05, 0) is 34.1 Å². The second-order valence-corrected chi connectivity index (χ2v) is 7.67. The van der Waals surface area contributed by atoms with Crippen LogP contribution in [0.25, 0.3) is 0 Å². The largest absolute Gasteiger partial charge is 0.422 e. The Bertz CT molecular complexity index is 913. The first kappa shape index (κ1) is 18.8. The Morgan fingerprint density at radius 3 is 2.39 bits per heavy atom. The first-order chi connectivity index (χ1) is 13.3. The van der Waals surface area contributed by atoms with Crippen molar-refractivity contribution in [3.8, 4) is 0 Å². The Hall–Kier alpha value is -2.52. The van der Waals surface area contributed by atoms with Gasteiger partial charge < -0.3 is 14.2 Å². The van der Waals surface area contributed by atoms with Crippen molar-refractivity contribution in [3.63, 3.8) is 0 Å². The van der Waals surface area contributed by atoms with E-state index < -0.39 is 53.6 Å². The molecule has 28 heavy (non-hydrogen) atoms. The van der Waals surface area contributed by atoms with Crippen molar-refractivity contribution in [3.05, 3.63) is 40.9 Å². The number of rotatable bonds is 4. The molecule has 1 aromatic carbocycles. The lowest BCUT2D eigenvalue weighted by molar-refractivity contribution is -0.226. The molecule has 0 aliphatic carbocycles. The minimum absolute atomic E-state index is 0.414. The van der Waals surface area contributed by atoms with Gasteiger partial charge in [-0.15, -0.1) is 0 Å². The second-order valence-electron chi connectivity index (χ2n) is 6.81. The highest BCUT2D eigenvalue weighted by atomic mass is 79.9. The quantitative estimate of drug-likeness (QED) is 0.298. The molecular formula is C19H16BrNO7. The summed E-state index contributed by atoms with van der Waals surface area (Å²) in [6, 6.07) is 6.87. The molecule has 146 valence electrons. The number of para-hydroxylation sites is 1. The third-order valence-electron chi connectivity index (χ3n) is 5.09. The molecule has 4 rings (SSSR count). The van der Waals surface area contributed by atoms with Gasteiger partial charge in [0.25, 0.3) is 6.29 Å². The highest BCUT2D eigenvalue weighted by molar-refractivity contribution is 9.10. The van der Waals surface area contributed by atoms with Gasteiger partial charge in [0.15, 0.2) is 5.60 Å². The number of esters is 2. The van der Waals surface area contributed by atoms with Crippen LogP contribution < -0.4 is 4.90 Å². The van der Waals surface area contributed by atoms with E-state index in [-0.39, 0.29) is 0 Å². The van der Waals surface area contributed by atoms with Crippen molar-refractivity contribution < 1.29 is 33.4 Å².